The lowest BCUT2D eigenvalue weighted by Crippen LogP contribution is -2.27. The summed E-state index contributed by atoms with van der Waals surface area (Å²) in [5, 5.41) is 13.4. The first-order valence-corrected chi connectivity index (χ1v) is 8.73. The van der Waals surface area contributed by atoms with Crippen LogP contribution in [0.1, 0.15) is 48.5 Å². The molecule has 1 aliphatic rings. The standard InChI is InChI=1S/C15H22N6OS/c1-15(2,3)10-9-23-11(18-10)5-7-16-13(22)12-19-14-17-6-4-8-21(14)20-12/h9H,4-8H2,1-3H3,(H,16,22)(H,17,19,20). The monoisotopic (exact) mass is 334 g/mol. The predicted octanol–water partition coefficient (Wildman–Crippen LogP) is 1.82. The number of anilines is 1. The highest BCUT2D eigenvalue weighted by Gasteiger charge is 2.19. The van der Waals surface area contributed by atoms with Crippen LogP contribution in [0.2, 0.25) is 0 Å². The molecular weight excluding hydrogens is 312 g/mol. The SMILES string of the molecule is CC(C)(C)c1csc(CCNC(=O)c2nc3n(n2)CCCN3)n1. The van der Waals surface area contributed by atoms with Gasteiger partial charge in [-0.25, -0.2) is 9.67 Å². The average molecular weight is 334 g/mol. The van der Waals surface area contributed by atoms with Gasteiger partial charge in [0.15, 0.2) is 0 Å². The van der Waals surface area contributed by atoms with Crippen molar-refractivity contribution in [3.05, 3.63) is 21.9 Å². The number of carbonyl (C=O) groups excluding carboxylic acids is 1. The van der Waals surface area contributed by atoms with Crippen molar-refractivity contribution in [2.45, 2.75) is 45.6 Å². The van der Waals surface area contributed by atoms with E-state index in [4.69, 9.17) is 0 Å². The summed E-state index contributed by atoms with van der Waals surface area (Å²) < 4.78 is 1.74. The van der Waals surface area contributed by atoms with Crippen molar-refractivity contribution in [1.82, 2.24) is 25.1 Å². The third-order valence-electron chi connectivity index (χ3n) is 3.65. The number of rotatable bonds is 4. The number of hydrogen-bond donors (Lipinski definition) is 2. The van der Waals surface area contributed by atoms with Crippen LogP contribution in [0.4, 0.5) is 5.95 Å². The molecule has 23 heavy (non-hydrogen) atoms. The smallest absolute Gasteiger partial charge is 0.291 e. The van der Waals surface area contributed by atoms with Crippen molar-refractivity contribution in [1.29, 1.82) is 0 Å². The van der Waals surface area contributed by atoms with Gasteiger partial charge in [-0.2, -0.15) is 4.98 Å². The van der Waals surface area contributed by atoms with Crippen LogP contribution in [0.25, 0.3) is 0 Å². The highest BCUT2D eigenvalue weighted by atomic mass is 32.1. The highest BCUT2D eigenvalue weighted by Crippen LogP contribution is 2.23. The largest absolute Gasteiger partial charge is 0.354 e. The van der Waals surface area contributed by atoms with Gasteiger partial charge in [-0.1, -0.05) is 20.8 Å². The number of nitrogens with one attached hydrogen (secondary N) is 2. The predicted molar refractivity (Wildman–Crippen MR) is 90.0 cm³/mol. The molecule has 3 rings (SSSR count). The van der Waals surface area contributed by atoms with Crippen molar-refractivity contribution in [3.63, 3.8) is 0 Å². The van der Waals surface area contributed by atoms with E-state index in [0.29, 0.717) is 12.5 Å². The maximum atomic E-state index is 12.1. The fourth-order valence-corrected chi connectivity index (χ4v) is 3.31. The van der Waals surface area contributed by atoms with Crippen LogP contribution in [-0.2, 0) is 18.4 Å². The second-order valence-corrected chi connectivity index (χ2v) is 7.59. The maximum absolute atomic E-state index is 12.1. The Morgan fingerprint density at radius 2 is 2.26 bits per heavy atom. The summed E-state index contributed by atoms with van der Waals surface area (Å²) in [6.45, 7) is 8.65. The number of amides is 1. The number of aromatic nitrogens is 4. The van der Waals surface area contributed by atoms with Crippen molar-refractivity contribution in [2.75, 3.05) is 18.4 Å². The molecule has 124 valence electrons. The summed E-state index contributed by atoms with van der Waals surface area (Å²) in [5.41, 5.74) is 1.16. The molecule has 3 heterocycles. The number of fused-ring (bicyclic) bond motifs is 1. The average Bonchev–Trinajstić information content (AvgIpc) is 3.13. The zero-order chi connectivity index (χ0) is 16.4. The Hall–Kier alpha value is -1.96. The fraction of sp³-hybridized carbons (Fsp3) is 0.600. The Balaban J connectivity index is 1.53. The molecule has 8 heteroatoms. The molecule has 0 unspecified atom stereocenters. The van der Waals surface area contributed by atoms with Gasteiger partial charge in [-0.05, 0) is 6.42 Å². The van der Waals surface area contributed by atoms with Crippen molar-refractivity contribution < 1.29 is 4.79 Å². The summed E-state index contributed by atoms with van der Waals surface area (Å²) in [7, 11) is 0. The summed E-state index contributed by atoms with van der Waals surface area (Å²) in [4.78, 5) is 21.0. The van der Waals surface area contributed by atoms with E-state index in [9.17, 15) is 4.79 Å². The molecule has 0 aliphatic carbocycles. The van der Waals surface area contributed by atoms with E-state index in [1.165, 1.54) is 0 Å². The molecule has 2 aromatic rings. The lowest BCUT2D eigenvalue weighted by atomic mass is 9.93. The van der Waals surface area contributed by atoms with Crippen LogP contribution >= 0.6 is 11.3 Å². The van der Waals surface area contributed by atoms with Gasteiger partial charge < -0.3 is 10.6 Å². The Labute approximate surface area is 139 Å². The third kappa shape index (κ3) is 3.69. The normalized spacial score (nSPS) is 14.2. The number of thiazole rings is 1. The molecule has 0 saturated heterocycles. The van der Waals surface area contributed by atoms with Crippen LogP contribution in [0.3, 0.4) is 0 Å². The van der Waals surface area contributed by atoms with Crippen LogP contribution in [0.5, 0.6) is 0 Å². The van der Waals surface area contributed by atoms with E-state index < -0.39 is 0 Å². The number of aryl methyl sites for hydroxylation is 1. The molecule has 0 atom stereocenters. The number of nitrogens with zero attached hydrogens (tertiary/aromatic N) is 4. The van der Waals surface area contributed by atoms with E-state index in [2.05, 4.69) is 51.9 Å². The molecule has 2 aromatic heterocycles. The van der Waals surface area contributed by atoms with E-state index in [1.807, 2.05) is 0 Å². The van der Waals surface area contributed by atoms with Crippen LogP contribution in [-0.4, -0.2) is 38.7 Å². The molecule has 0 fully saturated rings. The quantitative estimate of drug-likeness (QED) is 0.891. The Morgan fingerprint density at radius 3 is 2.96 bits per heavy atom. The number of hydrogen-bond acceptors (Lipinski definition) is 6. The van der Waals surface area contributed by atoms with Gasteiger partial charge in [0.05, 0.1) is 10.7 Å². The summed E-state index contributed by atoms with van der Waals surface area (Å²) >= 11 is 1.64. The zero-order valence-corrected chi connectivity index (χ0v) is 14.5. The first-order chi connectivity index (χ1) is 10.9. The summed E-state index contributed by atoms with van der Waals surface area (Å²) in [5.74, 6) is 0.668. The van der Waals surface area contributed by atoms with E-state index >= 15 is 0 Å². The van der Waals surface area contributed by atoms with Crippen molar-refractivity contribution >= 4 is 23.2 Å². The Bertz CT molecular complexity index is 676. The van der Waals surface area contributed by atoms with Gasteiger partial charge in [-0.15, -0.1) is 16.4 Å². The molecular formula is C15H22N6OS. The second kappa shape index (κ2) is 6.27. The van der Waals surface area contributed by atoms with Crippen LogP contribution < -0.4 is 10.6 Å². The lowest BCUT2D eigenvalue weighted by Gasteiger charge is -2.14. The van der Waals surface area contributed by atoms with E-state index in [0.717, 1.165) is 36.6 Å². The molecule has 0 radical (unpaired) electrons. The molecule has 0 aromatic carbocycles. The van der Waals surface area contributed by atoms with Gasteiger partial charge in [-0.3, -0.25) is 4.79 Å². The van der Waals surface area contributed by atoms with Crippen LogP contribution in [0.15, 0.2) is 5.38 Å². The first-order valence-electron chi connectivity index (χ1n) is 7.85. The highest BCUT2D eigenvalue weighted by molar-refractivity contribution is 7.09. The third-order valence-corrected chi connectivity index (χ3v) is 4.56. The number of carbonyl (C=O) groups is 1. The topological polar surface area (TPSA) is 84.7 Å². The minimum absolute atomic E-state index is 0.0599. The van der Waals surface area contributed by atoms with Crippen molar-refractivity contribution in [2.24, 2.45) is 0 Å². The van der Waals surface area contributed by atoms with Gasteiger partial charge in [0.25, 0.3) is 5.91 Å². The molecule has 0 bridgehead atoms. The Morgan fingerprint density at radius 1 is 1.43 bits per heavy atom. The molecule has 0 spiro atoms. The minimum atomic E-state index is -0.235. The van der Waals surface area contributed by atoms with E-state index in [1.54, 1.807) is 16.0 Å². The molecule has 0 saturated carbocycles. The van der Waals surface area contributed by atoms with Gasteiger partial charge in [0, 0.05) is 36.9 Å². The van der Waals surface area contributed by atoms with Crippen molar-refractivity contribution in [3.8, 4) is 0 Å². The minimum Gasteiger partial charge on any atom is -0.354 e. The molecule has 7 nitrogen and oxygen atoms in total. The molecule has 2 N–H and O–H groups in total. The van der Waals surface area contributed by atoms with E-state index in [-0.39, 0.29) is 17.1 Å². The molecule has 1 aliphatic heterocycles. The first kappa shape index (κ1) is 15.9. The second-order valence-electron chi connectivity index (χ2n) is 6.64. The van der Waals surface area contributed by atoms with Gasteiger partial charge in [0.1, 0.15) is 0 Å². The summed E-state index contributed by atoms with van der Waals surface area (Å²) in [6, 6.07) is 0. The Kier molecular flexibility index (Phi) is 4.34. The maximum Gasteiger partial charge on any atom is 0.291 e. The van der Waals surface area contributed by atoms with Gasteiger partial charge >= 0.3 is 0 Å². The fourth-order valence-electron chi connectivity index (χ4n) is 2.29. The molecule has 1 amide bonds. The zero-order valence-electron chi connectivity index (χ0n) is 13.7. The lowest BCUT2D eigenvalue weighted by molar-refractivity contribution is 0.0943. The summed E-state index contributed by atoms with van der Waals surface area (Å²) in [6.07, 6.45) is 1.72. The van der Waals surface area contributed by atoms with Gasteiger partial charge in [0.2, 0.25) is 11.8 Å². The van der Waals surface area contributed by atoms with Crippen LogP contribution in [0, 0.1) is 0 Å².